The highest BCUT2D eigenvalue weighted by Gasteiger charge is 2.09. The minimum absolute atomic E-state index is 0.669. The smallest absolute Gasteiger partial charge is 0.0250 e. The normalized spacial score (nSPS) is 26.9. The summed E-state index contributed by atoms with van der Waals surface area (Å²) in [6.07, 6.45) is 7.25. The molecule has 1 fully saturated rings. The molecular formula is C9H17N. The second-order valence-corrected chi connectivity index (χ2v) is 3.33. The number of nitrogens with one attached hydrogen (secondary N) is 1. The summed E-state index contributed by atoms with van der Waals surface area (Å²) in [5, 5.41) is 3.43. The highest BCUT2D eigenvalue weighted by atomic mass is 14.9. The maximum absolute atomic E-state index is 3.43. The van der Waals surface area contributed by atoms with E-state index in [1.807, 2.05) is 0 Å². The second-order valence-electron chi connectivity index (χ2n) is 3.33. The molecule has 0 amide bonds. The molecule has 0 aromatic heterocycles. The van der Waals surface area contributed by atoms with E-state index in [2.05, 4.69) is 31.3 Å². The molecule has 1 aliphatic heterocycles. The van der Waals surface area contributed by atoms with E-state index in [9.17, 15) is 0 Å². The molecule has 0 aromatic rings. The first-order chi connectivity index (χ1) is 4.79. The first kappa shape index (κ1) is 7.80. The van der Waals surface area contributed by atoms with Crippen LogP contribution in [0, 0.1) is 5.92 Å². The number of allylic oxidation sites excluding steroid dienone is 1. The average Bonchev–Trinajstić information content (AvgIpc) is 2.34. The van der Waals surface area contributed by atoms with Crippen LogP contribution in [0.4, 0.5) is 0 Å². The van der Waals surface area contributed by atoms with Crippen molar-refractivity contribution < 1.29 is 0 Å². The van der Waals surface area contributed by atoms with Gasteiger partial charge in [0.2, 0.25) is 0 Å². The first-order valence-electron chi connectivity index (χ1n) is 4.21. The van der Waals surface area contributed by atoms with Gasteiger partial charge in [0.1, 0.15) is 0 Å². The molecule has 0 aliphatic carbocycles. The van der Waals surface area contributed by atoms with Gasteiger partial charge in [-0.2, -0.15) is 0 Å². The van der Waals surface area contributed by atoms with Gasteiger partial charge in [0.25, 0.3) is 0 Å². The topological polar surface area (TPSA) is 12.0 Å². The lowest BCUT2D eigenvalue weighted by Gasteiger charge is -2.02. The van der Waals surface area contributed by atoms with Gasteiger partial charge in [0.05, 0.1) is 0 Å². The maximum atomic E-state index is 3.43. The van der Waals surface area contributed by atoms with E-state index in [-0.39, 0.29) is 0 Å². The monoisotopic (exact) mass is 139 g/mol. The molecule has 1 rings (SSSR count). The molecule has 1 aliphatic rings. The lowest BCUT2D eigenvalue weighted by atomic mass is 10.1. The minimum Gasteiger partial charge on any atom is -0.311 e. The Morgan fingerprint density at radius 2 is 2.30 bits per heavy atom. The van der Waals surface area contributed by atoms with Gasteiger partial charge in [-0.3, -0.25) is 0 Å². The van der Waals surface area contributed by atoms with Crippen molar-refractivity contribution in [2.24, 2.45) is 5.92 Å². The Labute approximate surface area is 63.5 Å². The van der Waals surface area contributed by atoms with Crippen LogP contribution in [0.15, 0.2) is 12.2 Å². The minimum atomic E-state index is 0.669. The molecule has 0 aromatic carbocycles. The lowest BCUT2D eigenvalue weighted by molar-refractivity contribution is 0.714. The van der Waals surface area contributed by atoms with Gasteiger partial charge in [-0.25, -0.2) is 0 Å². The molecule has 1 saturated heterocycles. The van der Waals surface area contributed by atoms with Gasteiger partial charge in [-0.05, 0) is 25.3 Å². The number of hydrogen-bond donors (Lipinski definition) is 1. The Hall–Kier alpha value is -0.300. The van der Waals surface area contributed by atoms with Crippen molar-refractivity contribution in [2.75, 3.05) is 6.54 Å². The molecule has 0 radical (unpaired) electrons. The van der Waals surface area contributed by atoms with Gasteiger partial charge in [0.15, 0.2) is 0 Å². The molecule has 0 bridgehead atoms. The van der Waals surface area contributed by atoms with Crippen molar-refractivity contribution in [3.63, 3.8) is 0 Å². The van der Waals surface area contributed by atoms with Crippen molar-refractivity contribution in [2.45, 2.75) is 32.7 Å². The summed E-state index contributed by atoms with van der Waals surface area (Å²) in [4.78, 5) is 0. The number of rotatable bonds is 2. The fraction of sp³-hybridized carbons (Fsp3) is 0.778. The van der Waals surface area contributed by atoms with Crippen molar-refractivity contribution in [1.82, 2.24) is 5.32 Å². The molecule has 1 heteroatoms. The zero-order valence-electron chi connectivity index (χ0n) is 6.93. The van der Waals surface area contributed by atoms with Crippen molar-refractivity contribution in [1.29, 1.82) is 0 Å². The molecule has 0 saturated carbocycles. The Morgan fingerprint density at radius 1 is 1.50 bits per heavy atom. The van der Waals surface area contributed by atoms with Gasteiger partial charge < -0.3 is 5.32 Å². The van der Waals surface area contributed by atoms with E-state index in [1.165, 1.54) is 19.4 Å². The van der Waals surface area contributed by atoms with Gasteiger partial charge in [0, 0.05) is 6.04 Å². The third-order valence-electron chi connectivity index (χ3n) is 1.83. The number of hydrogen-bond acceptors (Lipinski definition) is 1. The highest BCUT2D eigenvalue weighted by molar-refractivity contribution is 4.96. The van der Waals surface area contributed by atoms with Crippen LogP contribution >= 0.6 is 0 Å². The van der Waals surface area contributed by atoms with Gasteiger partial charge in [-0.1, -0.05) is 26.0 Å². The molecule has 1 nitrogen and oxygen atoms in total. The van der Waals surface area contributed by atoms with Crippen LogP contribution in [0.2, 0.25) is 0 Å². The van der Waals surface area contributed by atoms with E-state index in [4.69, 9.17) is 0 Å². The third-order valence-corrected chi connectivity index (χ3v) is 1.83. The zero-order chi connectivity index (χ0) is 7.40. The molecule has 0 spiro atoms. The quantitative estimate of drug-likeness (QED) is 0.577. The molecule has 1 atom stereocenters. The van der Waals surface area contributed by atoms with Crippen molar-refractivity contribution in [3.8, 4) is 0 Å². The predicted molar refractivity (Wildman–Crippen MR) is 45.0 cm³/mol. The summed E-state index contributed by atoms with van der Waals surface area (Å²) in [6.45, 7) is 5.63. The van der Waals surface area contributed by atoms with Crippen molar-refractivity contribution >= 4 is 0 Å². The van der Waals surface area contributed by atoms with E-state index >= 15 is 0 Å². The average molecular weight is 139 g/mol. The standard InChI is InChI=1S/C9H17N/c1-8(2)5-6-9-4-3-7-10-9/h5-6,8-10H,3-4,7H2,1-2H3/b6-5+. The van der Waals surface area contributed by atoms with Gasteiger partial charge >= 0.3 is 0 Å². The second kappa shape index (κ2) is 3.77. The fourth-order valence-electron chi connectivity index (χ4n) is 1.23. The first-order valence-corrected chi connectivity index (χ1v) is 4.21. The molecular weight excluding hydrogens is 122 g/mol. The molecule has 1 N–H and O–H groups in total. The maximum Gasteiger partial charge on any atom is 0.0250 e. The summed E-state index contributed by atoms with van der Waals surface area (Å²) in [5.41, 5.74) is 0. The SMILES string of the molecule is CC(C)/C=C/C1CCCN1. The highest BCUT2D eigenvalue weighted by Crippen LogP contribution is 2.07. The molecule has 1 unspecified atom stereocenters. The van der Waals surface area contributed by atoms with Crippen LogP contribution in [0.3, 0.4) is 0 Å². The third kappa shape index (κ3) is 2.53. The van der Waals surface area contributed by atoms with E-state index < -0.39 is 0 Å². The van der Waals surface area contributed by atoms with Crippen LogP contribution in [0.25, 0.3) is 0 Å². The summed E-state index contributed by atoms with van der Waals surface area (Å²) in [5.74, 6) is 0.697. The zero-order valence-corrected chi connectivity index (χ0v) is 6.93. The Kier molecular flexibility index (Phi) is 2.94. The van der Waals surface area contributed by atoms with E-state index in [0.717, 1.165) is 0 Å². The van der Waals surface area contributed by atoms with Gasteiger partial charge in [-0.15, -0.1) is 0 Å². The van der Waals surface area contributed by atoms with Crippen molar-refractivity contribution in [3.05, 3.63) is 12.2 Å². The Balaban J connectivity index is 2.23. The largest absolute Gasteiger partial charge is 0.311 e. The Bertz CT molecular complexity index is 110. The van der Waals surface area contributed by atoms with Crippen LogP contribution in [0.1, 0.15) is 26.7 Å². The summed E-state index contributed by atoms with van der Waals surface area (Å²) >= 11 is 0. The van der Waals surface area contributed by atoms with Crippen LogP contribution in [-0.2, 0) is 0 Å². The van der Waals surface area contributed by atoms with E-state index in [1.54, 1.807) is 0 Å². The molecule has 58 valence electrons. The Morgan fingerprint density at radius 3 is 2.80 bits per heavy atom. The van der Waals surface area contributed by atoms with Crippen LogP contribution in [-0.4, -0.2) is 12.6 Å². The molecule has 1 heterocycles. The predicted octanol–water partition coefficient (Wildman–Crippen LogP) is 1.95. The summed E-state index contributed by atoms with van der Waals surface area (Å²) in [6, 6.07) is 0.669. The lowest BCUT2D eigenvalue weighted by Crippen LogP contribution is -2.18. The van der Waals surface area contributed by atoms with Crippen LogP contribution in [0.5, 0.6) is 0 Å². The summed E-state index contributed by atoms with van der Waals surface area (Å²) in [7, 11) is 0. The molecule has 10 heavy (non-hydrogen) atoms. The summed E-state index contributed by atoms with van der Waals surface area (Å²) < 4.78 is 0. The van der Waals surface area contributed by atoms with E-state index in [0.29, 0.717) is 12.0 Å². The van der Waals surface area contributed by atoms with Crippen LogP contribution < -0.4 is 5.32 Å². The fourth-order valence-corrected chi connectivity index (χ4v) is 1.23.